The van der Waals surface area contributed by atoms with E-state index >= 15 is 0 Å². The van der Waals surface area contributed by atoms with E-state index in [-0.39, 0.29) is 30.0 Å². The predicted molar refractivity (Wildman–Crippen MR) is 139 cm³/mol. The number of guanidine groups is 1. The van der Waals surface area contributed by atoms with Crippen molar-refractivity contribution >= 4 is 29.9 Å². The Morgan fingerprint density at radius 1 is 1.12 bits per heavy atom. The second kappa shape index (κ2) is 11.9. The molecule has 8 heteroatoms. The minimum atomic E-state index is 0. The van der Waals surface area contributed by atoms with Crippen molar-refractivity contribution in [3.05, 3.63) is 41.5 Å². The lowest BCUT2D eigenvalue weighted by molar-refractivity contribution is 0.260. The van der Waals surface area contributed by atoms with Crippen LogP contribution in [0.2, 0.25) is 0 Å². The van der Waals surface area contributed by atoms with Crippen LogP contribution < -0.4 is 15.4 Å². The molecule has 176 valence electrons. The van der Waals surface area contributed by atoms with Gasteiger partial charge in [-0.15, -0.1) is 34.2 Å². The van der Waals surface area contributed by atoms with Crippen LogP contribution in [0, 0.1) is 12.8 Å². The molecule has 1 aliphatic heterocycles. The number of hydrogen-bond donors (Lipinski definition) is 2. The number of halogens is 1. The summed E-state index contributed by atoms with van der Waals surface area (Å²) in [7, 11) is 1.99. The fourth-order valence-electron chi connectivity index (χ4n) is 4.73. The van der Waals surface area contributed by atoms with E-state index < -0.39 is 0 Å². The van der Waals surface area contributed by atoms with E-state index in [0.717, 1.165) is 35.7 Å². The Hall–Kier alpha value is -1.84. The molecule has 0 amide bonds. The summed E-state index contributed by atoms with van der Waals surface area (Å²) < 4.78 is 7.85. The minimum Gasteiger partial charge on any atom is -0.493 e. The largest absolute Gasteiger partial charge is 0.493 e. The molecule has 2 aromatic rings. The number of rotatable bonds is 6. The fraction of sp³-hybridized carbons (Fsp3) is 0.625. The molecule has 1 aliphatic carbocycles. The molecule has 1 fully saturated rings. The Balaban J connectivity index is 0.00000289. The zero-order chi connectivity index (χ0) is 21.6. The summed E-state index contributed by atoms with van der Waals surface area (Å²) in [5, 5.41) is 15.9. The molecule has 7 nitrogen and oxygen atoms in total. The van der Waals surface area contributed by atoms with E-state index in [1.807, 2.05) is 30.7 Å². The summed E-state index contributed by atoms with van der Waals surface area (Å²) in [6, 6.07) is 8.95. The van der Waals surface area contributed by atoms with Gasteiger partial charge in [0.2, 0.25) is 0 Å². The molecule has 0 bridgehead atoms. The number of aryl methyl sites for hydroxylation is 1. The second-order valence-electron chi connectivity index (χ2n) is 8.91. The van der Waals surface area contributed by atoms with Crippen LogP contribution in [0.5, 0.6) is 5.75 Å². The Bertz CT molecular complexity index is 890. The summed E-state index contributed by atoms with van der Waals surface area (Å²) in [5.41, 5.74) is 1.20. The number of hydrogen-bond acceptors (Lipinski definition) is 4. The number of nitrogens with one attached hydrogen (secondary N) is 2. The molecule has 32 heavy (non-hydrogen) atoms. The van der Waals surface area contributed by atoms with E-state index in [1.165, 1.54) is 44.1 Å². The maximum atomic E-state index is 5.85. The first-order chi connectivity index (χ1) is 15.1. The fourth-order valence-corrected chi connectivity index (χ4v) is 4.73. The normalized spacial score (nSPS) is 23.0. The van der Waals surface area contributed by atoms with Crippen molar-refractivity contribution in [2.45, 2.75) is 77.4 Å². The number of ether oxygens (including phenoxy) is 1. The maximum absolute atomic E-state index is 5.85. The maximum Gasteiger partial charge on any atom is 0.192 e. The van der Waals surface area contributed by atoms with Crippen molar-refractivity contribution in [3.8, 4) is 5.75 Å². The van der Waals surface area contributed by atoms with Crippen LogP contribution in [0.15, 0.2) is 29.3 Å². The number of benzene rings is 1. The van der Waals surface area contributed by atoms with Gasteiger partial charge in [-0.25, -0.2) is 4.99 Å². The molecule has 2 heterocycles. The first kappa shape index (κ1) is 24.8. The molecule has 1 saturated carbocycles. The van der Waals surface area contributed by atoms with Crippen LogP contribution in [0.4, 0.5) is 0 Å². The quantitative estimate of drug-likeness (QED) is 0.310. The summed E-state index contributed by atoms with van der Waals surface area (Å²) in [6.45, 7) is 5.47. The Kier molecular flexibility index (Phi) is 9.19. The van der Waals surface area contributed by atoms with Crippen molar-refractivity contribution in [2.24, 2.45) is 18.0 Å². The number of aliphatic imine (C=N–C) groups is 1. The van der Waals surface area contributed by atoms with Crippen LogP contribution in [0.25, 0.3) is 0 Å². The zero-order valence-electron chi connectivity index (χ0n) is 19.5. The predicted octanol–water partition coefficient (Wildman–Crippen LogP) is 4.66. The molecule has 1 atom stereocenters. The van der Waals surface area contributed by atoms with Gasteiger partial charge in [0.05, 0.1) is 12.6 Å². The average Bonchev–Trinajstić information content (AvgIpc) is 3.11. The van der Waals surface area contributed by atoms with Gasteiger partial charge in [-0.1, -0.05) is 38.0 Å². The summed E-state index contributed by atoms with van der Waals surface area (Å²) in [6.07, 6.45) is 8.60. The summed E-state index contributed by atoms with van der Waals surface area (Å²) in [4.78, 5) is 4.91. The van der Waals surface area contributed by atoms with Crippen LogP contribution >= 0.6 is 24.0 Å². The molecule has 1 unspecified atom stereocenters. The standard InChI is InChI=1S/C24H36N6O.HI/c1-4-7-18-10-12-19(13-11-18)26-24(25-16-23-29-28-17(2)30(23)3)27-21-14-15-31-22-9-6-5-8-20(21)22;/h5-6,8-9,18-19,21H,4,7,10-16H2,1-3H3,(H2,25,26,27);1H. The first-order valence-corrected chi connectivity index (χ1v) is 11.8. The van der Waals surface area contributed by atoms with Crippen molar-refractivity contribution < 1.29 is 4.74 Å². The van der Waals surface area contributed by atoms with Crippen molar-refractivity contribution in [3.63, 3.8) is 0 Å². The molecule has 0 saturated heterocycles. The summed E-state index contributed by atoms with van der Waals surface area (Å²) in [5.74, 6) is 4.49. The molecule has 4 rings (SSSR count). The van der Waals surface area contributed by atoms with E-state index in [4.69, 9.17) is 9.73 Å². The molecule has 1 aromatic heterocycles. The Morgan fingerprint density at radius 3 is 2.62 bits per heavy atom. The highest BCUT2D eigenvalue weighted by Gasteiger charge is 2.25. The highest BCUT2D eigenvalue weighted by molar-refractivity contribution is 14.0. The van der Waals surface area contributed by atoms with Gasteiger partial charge in [-0.2, -0.15) is 0 Å². The Labute approximate surface area is 208 Å². The van der Waals surface area contributed by atoms with Crippen molar-refractivity contribution in [2.75, 3.05) is 6.61 Å². The highest BCUT2D eigenvalue weighted by Crippen LogP contribution is 2.32. The first-order valence-electron chi connectivity index (χ1n) is 11.8. The smallest absolute Gasteiger partial charge is 0.192 e. The van der Waals surface area contributed by atoms with Gasteiger partial charge in [0.1, 0.15) is 18.1 Å². The minimum absolute atomic E-state index is 0. The second-order valence-corrected chi connectivity index (χ2v) is 8.91. The lowest BCUT2D eigenvalue weighted by atomic mass is 9.83. The van der Waals surface area contributed by atoms with E-state index in [2.05, 4.69) is 39.9 Å². The topological polar surface area (TPSA) is 76.4 Å². The monoisotopic (exact) mass is 552 g/mol. The third-order valence-corrected chi connectivity index (χ3v) is 6.72. The molecule has 1 aromatic carbocycles. The van der Waals surface area contributed by atoms with Crippen LogP contribution in [-0.4, -0.2) is 33.4 Å². The molecule has 2 N–H and O–H groups in total. The van der Waals surface area contributed by atoms with Crippen LogP contribution in [0.1, 0.15) is 75.1 Å². The summed E-state index contributed by atoms with van der Waals surface area (Å²) >= 11 is 0. The van der Waals surface area contributed by atoms with Gasteiger partial charge in [0.25, 0.3) is 0 Å². The SMILES string of the molecule is CCCC1CCC(NC(=NCc2nnc(C)n2C)NC2CCOc3ccccc32)CC1.I. The van der Waals surface area contributed by atoms with Gasteiger partial charge < -0.3 is 19.9 Å². The number of nitrogens with zero attached hydrogens (tertiary/aromatic N) is 4. The Morgan fingerprint density at radius 2 is 1.91 bits per heavy atom. The molecular formula is C24H37IN6O. The molecule has 2 aliphatic rings. The average molecular weight is 553 g/mol. The van der Waals surface area contributed by atoms with E-state index in [0.29, 0.717) is 19.2 Å². The van der Waals surface area contributed by atoms with E-state index in [1.54, 1.807) is 0 Å². The number of para-hydroxylation sites is 1. The van der Waals surface area contributed by atoms with Crippen molar-refractivity contribution in [1.29, 1.82) is 0 Å². The van der Waals surface area contributed by atoms with Crippen molar-refractivity contribution in [1.82, 2.24) is 25.4 Å². The van der Waals surface area contributed by atoms with Crippen LogP contribution in [-0.2, 0) is 13.6 Å². The van der Waals surface area contributed by atoms with Gasteiger partial charge in [0.15, 0.2) is 11.8 Å². The molecular weight excluding hydrogens is 515 g/mol. The van der Waals surface area contributed by atoms with Gasteiger partial charge >= 0.3 is 0 Å². The lowest BCUT2D eigenvalue weighted by Gasteiger charge is -2.32. The van der Waals surface area contributed by atoms with Gasteiger partial charge in [-0.3, -0.25) is 0 Å². The van der Waals surface area contributed by atoms with Crippen LogP contribution in [0.3, 0.4) is 0 Å². The third-order valence-electron chi connectivity index (χ3n) is 6.72. The molecule has 0 spiro atoms. The number of aromatic nitrogens is 3. The van der Waals surface area contributed by atoms with Gasteiger partial charge in [0, 0.05) is 25.1 Å². The highest BCUT2D eigenvalue weighted by atomic mass is 127. The lowest BCUT2D eigenvalue weighted by Crippen LogP contribution is -2.46. The zero-order valence-corrected chi connectivity index (χ0v) is 21.8. The number of fused-ring (bicyclic) bond motifs is 1. The molecule has 0 radical (unpaired) electrons. The third kappa shape index (κ3) is 6.14. The van der Waals surface area contributed by atoms with E-state index in [9.17, 15) is 0 Å². The van der Waals surface area contributed by atoms with Gasteiger partial charge in [-0.05, 0) is 44.6 Å².